The molecule has 0 spiro atoms. The summed E-state index contributed by atoms with van der Waals surface area (Å²) in [6.07, 6.45) is 4.60. The zero-order valence-electron chi connectivity index (χ0n) is 12.0. The number of ether oxygens (including phenoxy) is 2. The lowest BCUT2D eigenvalue weighted by Gasteiger charge is -2.21. The fourth-order valence-corrected chi connectivity index (χ4v) is 2.02. The second-order valence-corrected chi connectivity index (χ2v) is 4.30. The normalized spacial score (nSPS) is 12.4. The number of allylic oxidation sites excluding steroid dienone is 2. The maximum absolute atomic E-state index is 11.9. The lowest BCUT2D eigenvalue weighted by molar-refractivity contribution is -0.159. The number of hydrogen-bond acceptors (Lipinski definition) is 4. The number of carbonyl (C=O) groups is 2. The van der Waals surface area contributed by atoms with Crippen LogP contribution in [0.2, 0.25) is 0 Å². The molecule has 0 saturated heterocycles. The van der Waals surface area contributed by atoms with Crippen LogP contribution in [0.3, 0.4) is 0 Å². The van der Waals surface area contributed by atoms with E-state index in [9.17, 15) is 9.59 Å². The quantitative estimate of drug-likeness (QED) is 0.455. The van der Waals surface area contributed by atoms with Crippen molar-refractivity contribution in [2.75, 3.05) is 14.2 Å². The molecule has 4 heteroatoms. The Morgan fingerprint density at radius 2 is 1.65 bits per heavy atom. The first-order valence-electron chi connectivity index (χ1n) is 6.53. The van der Waals surface area contributed by atoms with Crippen molar-refractivity contribution in [1.29, 1.82) is 0 Å². The van der Waals surface area contributed by atoms with Gasteiger partial charge in [-0.25, -0.2) is 0 Å². The fourth-order valence-electron chi connectivity index (χ4n) is 2.02. The molecule has 20 heavy (non-hydrogen) atoms. The second kappa shape index (κ2) is 8.15. The lowest BCUT2D eigenvalue weighted by atomic mass is 9.85. The first-order chi connectivity index (χ1) is 9.65. The van der Waals surface area contributed by atoms with Crippen molar-refractivity contribution in [1.82, 2.24) is 0 Å². The summed E-state index contributed by atoms with van der Waals surface area (Å²) in [6, 6.07) is 9.38. The van der Waals surface area contributed by atoms with E-state index in [0.29, 0.717) is 0 Å². The molecule has 0 fully saturated rings. The summed E-state index contributed by atoms with van der Waals surface area (Å²) in [7, 11) is 2.54. The van der Waals surface area contributed by atoms with Crippen LogP contribution in [0, 0.1) is 5.92 Å². The second-order valence-electron chi connectivity index (χ2n) is 4.30. The minimum atomic E-state index is -0.991. The molecule has 0 aliphatic heterocycles. The third-order valence-electron chi connectivity index (χ3n) is 3.03. The molecule has 1 aromatic rings. The van der Waals surface area contributed by atoms with Crippen molar-refractivity contribution in [3.63, 3.8) is 0 Å². The van der Waals surface area contributed by atoms with Gasteiger partial charge in [0.15, 0.2) is 5.92 Å². The van der Waals surface area contributed by atoms with E-state index in [1.54, 1.807) is 0 Å². The number of methoxy groups -OCH3 is 2. The smallest absolute Gasteiger partial charge is 0.321 e. The van der Waals surface area contributed by atoms with Gasteiger partial charge in [-0.05, 0) is 12.0 Å². The Morgan fingerprint density at radius 3 is 2.10 bits per heavy atom. The van der Waals surface area contributed by atoms with Crippen LogP contribution in [0.15, 0.2) is 42.5 Å². The molecule has 0 aromatic heterocycles. The molecule has 0 aliphatic rings. The van der Waals surface area contributed by atoms with Crippen LogP contribution < -0.4 is 0 Å². The standard InChI is InChI=1S/C16H20O4/c1-4-5-11-13(12-9-7-6-8-10-12)14(15(17)19-2)16(18)20-3/h5-11,13-14H,4H2,1-3H3/b11-5+. The summed E-state index contributed by atoms with van der Waals surface area (Å²) in [5.74, 6) is -2.57. The van der Waals surface area contributed by atoms with Gasteiger partial charge in [0.2, 0.25) is 0 Å². The third-order valence-corrected chi connectivity index (χ3v) is 3.03. The average Bonchev–Trinajstić information content (AvgIpc) is 2.50. The predicted molar refractivity (Wildman–Crippen MR) is 76.1 cm³/mol. The Balaban J connectivity index is 3.21. The summed E-state index contributed by atoms with van der Waals surface area (Å²) in [4.78, 5) is 23.9. The molecule has 1 atom stereocenters. The fraction of sp³-hybridized carbons (Fsp3) is 0.375. The van der Waals surface area contributed by atoms with E-state index in [2.05, 4.69) is 0 Å². The van der Waals surface area contributed by atoms with Crippen LogP contribution in [0.25, 0.3) is 0 Å². The van der Waals surface area contributed by atoms with Gasteiger partial charge >= 0.3 is 11.9 Å². The van der Waals surface area contributed by atoms with Gasteiger partial charge in [-0.15, -0.1) is 0 Å². The summed E-state index contributed by atoms with van der Waals surface area (Å²) in [5, 5.41) is 0. The van der Waals surface area contributed by atoms with Gasteiger partial charge in [-0.2, -0.15) is 0 Å². The van der Waals surface area contributed by atoms with Gasteiger partial charge in [0.25, 0.3) is 0 Å². The maximum atomic E-state index is 11.9. The molecule has 0 amide bonds. The highest BCUT2D eigenvalue weighted by Gasteiger charge is 2.36. The van der Waals surface area contributed by atoms with Crippen LogP contribution in [0.1, 0.15) is 24.8 Å². The van der Waals surface area contributed by atoms with E-state index < -0.39 is 23.8 Å². The van der Waals surface area contributed by atoms with Crippen molar-refractivity contribution in [2.45, 2.75) is 19.3 Å². The van der Waals surface area contributed by atoms with E-state index in [-0.39, 0.29) is 0 Å². The van der Waals surface area contributed by atoms with E-state index >= 15 is 0 Å². The van der Waals surface area contributed by atoms with Gasteiger partial charge in [-0.3, -0.25) is 9.59 Å². The molecule has 0 bridgehead atoms. The van der Waals surface area contributed by atoms with Crippen LogP contribution >= 0.6 is 0 Å². The molecule has 1 rings (SSSR count). The van der Waals surface area contributed by atoms with E-state index in [1.165, 1.54) is 14.2 Å². The highest BCUT2D eigenvalue weighted by atomic mass is 16.5. The largest absolute Gasteiger partial charge is 0.468 e. The molecule has 0 saturated carbocycles. The predicted octanol–water partition coefficient (Wildman–Crippen LogP) is 2.70. The SMILES string of the molecule is CC/C=C/C(c1ccccc1)C(C(=O)OC)C(=O)OC. The Labute approximate surface area is 119 Å². The zero-order chi connectivity index (χ0) is 15.0. The average molecular weight is 276 g/mol. The lowest BCUT2D eigenvalue weighted by Crippen LogP contribution is -2.31. The number of rotatable bonds is 6. The van der Waals surface area contributed by atoms with Crippen molar-refractivity contribution >= 4 is 11.9 Å². The molecule has 0 N–H and O–H groups in total. The third kappa shape index (κ3) is 3.95. The van der Waals surface area contributed by atoms with Crippen molar-refractivity contribution in [2.24, 2.45) is 5.92 Å². The zero-order valence-corrected chi connectivity index (χ0v) is 12.0. The van der Waals surface area contributed by atoms with E-state index in [4.69, 9.17) is 9.47 Å². The molecule has 0 radical (unpaired) electrons. The van der Waals surface area contributed by atoms with Gasteiger partial charge < -0.3 is 9.47 Å². The summed E-state index contributed by atoms with van der Waals surface area (Å²) < 4.78 is 9.49. The topological polar surface area (TPSA) is 52.6 Å². The molecule has 1 aromatic carbocycles. The van der Waals surface area contributed by atoms with Gasteiger partial charge in [-0.1, -0.05) is 49.4 Å². The molecule has 0 heterocycles. The first kappa shape index (κ1) is 16.0. The summed E-state index contributed by atoms with van der Waals surface area (Å²) >= 11 is 0. The molecule has 1 unspecified atom stereocenters. The maximum Gasteiger partial charge on any atom is 0.321 e. The highest BCUT2D eigenvalue weighted by Crippen LogP contribution is 2.28. The van der Waals surface area contributed by atoms with Crippen LogP contribution in [0.4, 0.5) is 0 Å². The Kier molecular flexibility index (Phi) is 6.50. The first-order valence-corrected chi connectivity index (χ1v) is 6.53. The van der Waals surface area contributed by atoms with Crippen LogP contribution in [0.5, 0.6) is 0 Å². The molecule has 4 nitrogen and oxygen atoms in total. The van der Waals surface area contributed by atoms with Crippen molar-refractivity contribution in [3.05, 3.63) is 48.0 Å². The summed E-state index contributed by atoms with van der Waals surface area (Å²) in [6.45, 7) is 1.99. The van der Waals surface area contributed by atoms with E-state index in [0.717, 1.165) is 12.0 Å². The van der Waals surface area contributed by atoms with Crippen molar-refractivity contribution < 1.29 is 19.1 Å². The van der Waals surface area contributed by atoms with Crippen LogP contribution in [-0.4, -0.2) is 26.2 Å². The van der Waals surface area contributed by atoms with Crippen molar-refractivity contribution in [3.8, 4) is 0 Å². The number of benzene rings is 1. The summed E-state index contributed by atoms with van der Waals surface area (Å²) in [5.41, 5.74) is 0.873. The van der Waals surface area contributed by atoms with Crippen LogP contribution in [-0.2, 0) is 19.1 Å². The monoisotopic (exact) mass is 276 g/mol. The number of esters is 2. The molecule has 0 aliphatic carbocycles. The minimum Gasteiger partial charge on any atom is -0.468 e. The van der Waals surface area contributed by atoms with Gasteiger partial charge in [0, 0.05) is 5.92 Å². The Bertz CT molecular complexity index is 449. The number of carbonyl (C=O) groups excluding carboxylic acids is 2. The van der Waals surface area contributed by atoms with E-state index in [1.807, 2.05) is 49.4 Å². The molecular formula is C16H20O4. The Hall–Kier alpha value is -2.10. The van der Waals surface area contributed by atoms with Gasteiger partial charge in [0.05, 0.1) is 14.2 Å². The minimum absolute atomic E-state index is 0.393. The molecular weight excluding hydrogens is 256 g/mol. The number of hydrogen-bond donors (Lipinski definition) is 0. The molecule has 108 valence electrons. The highest BCUT2D eigenvalue weighted by molar-refractivity contribution is 5.96. The van der Waals surface area contributed by atoms with Gasteiger partial charge in [0.1, 0.15) is 0 Å². The Morgan fingerprint density at radius 1 is 1.10 bits per heavy atom.